The Morgan fingerprint density at radius 3 is 2.78 bits per heavy atom. The maximum Gasteiger partial charge on any atom is 0.240 e. The average molecular weight is 468 g/mol. The van der Waals surface area contributed by atoms with E-state index in [1.807, 2.05) is 0 Å². The van der Waals surface area contributed by atoms with E-state index in [1.54, 1.807) is 0 Å². The van der Waals surface area contributed by atoms with Gasteiger partial charge in [-0.2, -0.15) is 0 Å². The molecule has 0 spiro atoms. The molecule has 174 valence electrons. The van der Waals surface area contributed by atoms with Crippen LogP contribution in [0.3, 0.4) is 0 Å². The van der Waals surface area contributed by atoms with Crippen molar-refractivity contribution < 1.29 is 30.0 Å². The van der Waals surface area contributed by atoms with Gasteiger partial charge in [-0.15, -0.1) is 0 Å². The number of hydrogen-bond donors (Lipinski definition) is 8. The van der Waals surface area contributed by atoms with Crippen LogP contribution in [0.4, 0.5) is 5.95 Å². The van der Waals surface area contributed by atoms with E-state index in [0.717, 1.165) is 0 Å². The lowest BCUT2D eigenvalue weighted by atomic mass is 10.1. The monoisotopic (exact) mass is 467 g/mol. The van der Waals surface area contributed by atoms with E-state index >= 15 is 0 Å². The molecule has 2 unspecified atom stereocenters. The second kappa shape index (κ2) is 10.3. The summed E-state index contributed by atoms with van der Waals surface area (Å²) < 4.78 is 7.20. The highest BCUT2D eigenvalue weighted by Gasteiger charge is 2.43. The predicted molar refractivity (Wildman–Crippen MR) is 115 cm³/mol. The summed E-state index contributed by atoms with van der Waals surface area (Å²) in [5.74, 6) is 5.31. The smallest absolute Gasteiger partial charge is 0.240 e. The third-order valence-corrected chi connectivity index (χ3v) is 5.17. The number of amides is 1. The summed E-state index contributed by atoms with van der Waals surface area (Å²) in [7, 11) is 0. The fourth-order valence-corrected chi connectivity index (χ4v) is 3.28. The molecule has 2 aromatic rings. The molecule has 0 aliphatic carbocycles. The van der Waals surface area contributed by atoms with Crippen molar-refractivity contribution >= 4 is 35.2 Å². The van der Waals surface area contributed by atoms with E-state index in [0.29, 0.717) is 11.2 Å². The van der Waals surface area contributed by atoms with Gasteiger partial charge < -0.3 is 46.5 Å². The molecule has 3 heterocycles. The number of aromatic nitrogens is 4. The summed E-state index contributed by atoms with van der Waals surface area (Å²) in [4.78, 5) is 23.0. The number of rotatable bonds is 7. The van der Waals surface area contributed by atoms with Crippen molar-refractivity contribution in [1.82, 2.24) is 24.8 Å². The van der Waals surface area contributed by atoms with Crippen molar-refractivity contribution in [2.24, 2.45) is 5.73 Å². The number of aromatic amines is 1. The zero-order valence-corrected chi connectivity index (χ0v) is 17.9. The fourth-order valence-electron chi connectivity index (χ4n) is 3.04. The number of nitrogens with two attached hydrogens (primary N) is 1. The van der Waals surface area contributed by atoms with E-state index in [-0.39, 0.29) is 23.7 Å². The molecule has 1 fully saturated rings. The highest BCUT2D eigenvalue weighted by atomic mass is 32.1. The molecule has 1 aliphatic rings. The van der Waals surface area contributed by atoms with Crippen molar-refractivity contribution in [3.8, 4) is 11.8 Å². The van der Waals surface area contributed by atoms with Gasteiger partial charge in [0.25, 0.3) is 0 Å². The maximum atomic E-state index is 11.6. The zero-order chi connectivity index (χ0) is 23.4. The van der Waals surface area contributed by atoms with E-state index in [9.17, 15) is 25.2 Å². The number of nitrogens with zero attached hydrogens (tertiary/aromatic N) is 3. The number of carbonyl (C=O) groups is 1. The minimum atomic E-state index is -1.28. The molecule has 0 aromatic carbocycles. The number of aliphatic hydroxyl groups is 4. The zero-order valence-electron chi connectivity index (χ0n) is 17.1. The van der Waals surface area contributed by atoms with Gasteiger partial charge in [0.15, 0.2) is 10.9 Å². The standard InChI is InChI=1S/C18H25N7O6S/c1-8(27)10(19)15(30)20-4-2-3-5-21-18-23-14-11(16(32)24-18)22-7-25(14)17-13(29)12(28)9(6-26)31-17/h7-10,12-13,17,26-29H,4-6,19H2,1H3,(H,20,30)(H2,21,23,24,32)/t8?,9-,10?,12+,13+,17-/m1/s1. The van der Waals surface area contributed by atoms with Crippen LogP contribution < -0.4 is 16.4 Å². The molecule has 0 saturated carbocycles. The molecule has 2 aromatic heterocycles. The lowest BCUT2D eigenvalue weighted by molar-refractivity contribution is -0.124. The highest BCUT2D eigenvalue weighted by Crippen LogP contribution is 2.31. The minimum absolute atomic E-state index is 0.0570. The Bertz CT molecular complexity index is 1080. The Morgan fingerprint density at radius 1 is 1.41 bits per heavy atom. The molecule has 32 heavy (non-hydrogen) atoms. The lowest BCUT2D eigenvalue weighted by Crippen LogP contribution is -2.47. The molecule has 1 saturated heterocycles. The molecule has 3 rings (SSSR count). The fraction of sp³-hybridized carbons (Fsp3) is 0.556. The molecular formula is C18H25N7O6S. The number of nitrogens with one attached hydrogen (secondary N) is 3. The van der Waals surface area contributed by atoms with Gasteiger partial charge in [0.1, 0.15) is 35.5 Å². The Kier molecular flexibility index (Phi) is 7.74. The van der Waals surface area contributed by atoms with E-state index in [4.69, 9.17) is 22.7 Å². The van der Waals surface area contributed by atoms with Crippen molar-refractivity contribution in [2.45, 2.75) is 43.6 Å². The van der Waals surface area contributed by atoms with Crippen molar-refractivity contribution in [3.63, 3.8) is 0 Å². The van der Waals surface area contributed by atoms with E-state index in [1.165, 1.54) is 17.8 Å². The number of imidazole rings is 1. The van der Waals surface area contributed by atoms with Crippen molar-refractivity contribution in [1.29, 1.82) is 0 Å². The summed E-state index contributed by atoms with van der Waals surface area (Å²) in [5.41, 5.74) is 6.28. The van der Waals surface area contributed by atoms with Gasteiger partial charge in [-0.05, 0) is 6.92 Å². The number of carbonyl (C=O) groups excluding carboxylic acids is 1. The molecule has 14 heteroatoms. The average Bonchev–Trinajstić information content (AvgIpc) is 3.31. The number of ether oxygens (including phenoxy) is 1. The van der Waals surface area contributed by atoms with Crippen molar-refractivity contribution in [3.05, 3.63) is 11.0 Å². The molecule has 0 bridgehead atoms. The molecule has 1 aliphatic heterocycles. The third kappa shape index (κ3) is 5.05. The molecule has 9 N–H and O–H groups in total. The van der Waals surface area contributed by atoms with Crippen LogP contribution in [0.5, 0.6) is 0 Å². The number of aliphatic hydroxyl groups excluding tert-OH is 4. The van der Waals surface area contributed by atoms with E-state index in [2.05, 4.69) is 37.4 Å². The molecule has 0 radical (unpaired) electrons. The summed E-state index contributed by atoms with van der Waals surface area (Å²) in [5, 5.41) is 44.3. The van der Waals surface area contributed by atoms with Gasteiger partial charge in [0, 0.05) is 0 Å². The first kappa shape index (κ1) is 24.0. The van der Waals surface area contributed by atoms with Crippen LogP contribution in [0.25, 0.3) is 11.2 Å². The van der Waals surface area contributed by atoms with E-state index < -0.39 is 49.2 Å². The van der Waals surface area contributed by atoms with Gasteiger partial charge in [0.05, 0.1) is 32.1 Å². The summed E-state index contributed by atoms with van der Waals surface area (Å²) in [6.07, 6.45) is -4.01. The first-order chi connectivity index (χ1) is 15.2. The van der Waals surface area contributed by atoms with Crippen LogP contribution in [-0.2, 0) is 9.53 Å². The SMILES string of the molecule is CC(O)C(N)C(=O)NCC#CCNc1nc(=S)c2ncn([C@@H]3O[C@H](CO)[C@H](O)[C@@H]3O)c2[nH]1. The first-order valence-electron chi connectivity index (χ1n) is 9.74. The summed E-state index contributed by atoms with van der Waals surface area (Å²) >= 11 is 5.27. The Labute approximate surface area is 187 Å². The second-order valence-electron chi connectivity index (χ2n) is 7.16. The lowest BCUT2D eigenvalue weighted by Gasteiger charge is -2.17. The Hall–Kier alpha value is -2.64. The van der Waals surface area contributed by atoms with Gasteiger partial charge in [0.2, 0.25) is 11.9 Å². The number of fused-ring (bicyclic) bond motifs is 1. The molecular weight excluding hydrogens is 442 g/mol. The number of H-pyrrole nitrogens is 1. The topological polar surface area (TPSA) is 204 Å². The number of hydrogen-bond acceptors (Lipinski definition) is 11. The van der Waals surface area contributed by atoms with Crippen LogP contribution in [0.2, 0.25) is 0 Å². The first-order valence-corrected chi connectivity index (χ1v) is 10.2. The van der Waals surface area contributed by atoms with Crippen molar-refractivity contribution in [2.75, 3.05) is 25.0 Å². The van der Waals surface area contributed by atoms with Gasteiger partial charge >= 0.3 is 0 Å². The third-order valence-electron chi connectivity index (χ3n) is 4.88. The summed E-state index contributed by atoms with van der Waals surface area (Å²) in [6, 6.07) is -1.02. The van der Waals surface area contributed by atoms with Gasteiger partial charge in [-0.3, -0.25) is 9.36 Å². The van der Waals surface area contributed by atoms with Gasteiger partial charge in [-0.1, -0.05) is 24.1 Å². The van der Waals surface area contributed by atoms with Crippen LogP contribution in [0.1, 0.15) is 13.2 Å². The largest absolute Gasteiger partial charge is 0.394 e. The molecule has 6 atom stereocenters. The second-order valence-corrected chi connectivity index (χ2v) is 7.55. The van der Waals surface area contributed by atoms with Crippen LogP contribution in [-0.4, -0.2) is 96.0 Å². The van der Waals surface area contributed by atoms with Crippen LogP contribution in [0.15, 0.2) is 6.33 Å². The maximum absolute atomic E-state index is 11.6. The Morgan fingerprint density at radius 2 is 2.12 bits per heavy atom. The number of anilines is 1. The summed E-state index contributed by atoms with van der Waals surface area (Å²) in [6.45, 7) is 1.20. The minimum Gasteiger partial charge on any atom is -0.394 e. The Balaban J connectivity index is 1.66. The highest BCUT2D eigenvalue weighted by molar-refractivity contribution is 7.71. The molecule has 13 nitrogen and oxygen atoms in total. The molecule has 1 amide bonds. The van der Waals surface area contributed by atoms with Crippen LogP contribution in [0, 0.1) is 16.5 Å². The predicted octanol–water partition coefficient (Wildman–Crippen LogP) is -2.66. The van der Waals surface area contributed by atoms with Crippen LogP contribution >= 0.6 is 12.2 Å². The van der Waals surface area contributed by atoms with Gasteiger partial charge in [-0.25, -0.2) is 9.97 Å². The normalized spacial score (nSPS) is 24.6. The quantitative estimate of drug-likeness (QED) is 0.156.